The first-order valence-corrected chi connectivity index (χ1v) is 18.4. The maximum atomic E-state index is 11.7. The summed E-state index contributed by atoms with van der Waals surface area (Å²) >= 11 is 0. The zero-order valence-corrected chi connectivity index (χ0v) is 29.9. The number of rotatable bonds is 14. The summed E-state index contributed by atoms with van der Waals surface area (Å²) in [5.41, 5.74) is 11.5. The van der Waals surface area contributed by atoms with E-state index < -0.39 is 11.9 Å². The molecule has 266 valence electrons. The van der Waals surface area contributed by atoms with Crippen LogP contribution >= 0.6 is 0 Å². The molecule has 0 radical (unpaired) electrons. The van der Waals surface area contributed by atoms with Crippen molar-refractivity contribution in [2.24, 2.45) is 0 Å². The molecule has 0 spiro atoms. The molecule has 0 aliphatic carbocycles. The number of unbranched alkanes of at least 4 members (excludes halogenated alkanes) is 6. The summed E-state index contributed by atoms with van der Waals surface area (Å²) in [5, 5.41) is 19.1. The van der Waals surface area contributed by atoms with E-state index in [1.54, 1.807) is 24.3 Å². The van der Waals surface area contributed by atoms with Crippen LogP contribution in [0.4, 0.5) is 0 Å². The van der Waals surface area contributed by atoms with Crippen LogP contribution in [0.5, 0.6) is 0 Å². The average Bonchev–Trinajstić information content (AvgIpc) is 3.94. The van der Waals surface area contributed by atoms with Gasteiger partial charge in [-0.2, -0.15) is 0 Å². The predicted octanol–water partition coefficient (Wildman–Crippen LogP) is 11.1. The smallest absolute Gasteiger partial charge is 0.335 e. The Morgan fingerprint density at radius 3 is 1.79 bits per heavy atom. The molecule has 0 unspecified atom stereocenters. The molecule has 2 aromatic carbocycles. The lowest BCUT2D eigenvalue weighted by Gasteiger charge is -2.06. The van der Waals surface area contributed by atoms with E-state index in [9.17, 15) is 19.8 Å². The molecular formula is C44H46N4O4. The first-order chi connectivity index (χ1) is 25.4. The molecule has 1 aliphatic heterocycles. The van der Waals surface area contributed by atoms with Gasteiger partial charge in [-0.25, -0.2) is 14.6 Å². The van der Waals surface area contributed by atoms with Gasteiger partial charge in [0.05, 0.1) is 22.5 Å². The van der Waals surface area contributed by atoms with E-state index in [4.69, 9.17) is 9.97 Å². The van der Waals surface area contributed by atoms with E-state index in [0.29, 0.717) is 0 Å². The Morgan fingerprint density at radius 1 is 0.577 bits per heavy atom. The summed E-state index contributed by atoms with van der Waals surface area (Å²) in [6, 6.07) is 22.2. The van der Waals surface area contributed by atoms with Crippen LogP contribution in [0, 0.1) is 0 Å². The van der Waals surface area contributed by atoms with Crippen LogP contribution in [0.2, 0.25) is 0 Å². The molecule has 8 heteroatoms. The zero-order valence-electron chi connectivity index (χ0n) is 29.9. The van der Waals surface area contributed by atoms with E-state index in [-0.39, 0.29) is 11.1 Å². The number of aromatic amines is 2. The van der Waals surface area contributed by atoms with Crippen LogP contribution in [-0.2, 0) is 12.8 Å². The van der Waals surface area contributed by atoms with E-state index in [2.05, 4.69) is 60.2 Å². The summed E-state index contributed by atoms with van der Waals surface area (Å²) in [6.07, 6.45) is 18.5. The highest BCUT2D eigenvalue weighted by Crippen LogP contribution is 2.32. The molecule has 6 bridgehead atoms. The lowest BCUT2D eigenvalue weighted by molar-refractivity contribution is 0.0686. The van der Waals surface area contributed by atoms with Gasteiger partial charge in [0.2, 0.25) is 0 Å². The monoisotopic (exact) mass is 694 g/mol. The molecule has 0 fully saturated rings. The third-order valence-corrected chi connectivity index (χ3v) is 9.69. The number of carboxylic acid groups (broad SMARTS) is 2. The van der Waals surface area contributed by atoms with Gasteiger partial charge in [0.1, 0.15) is 0 Å². The van der Waals surface area contributed by atoms with Crippen molar-refractivity contribution in [2.45, 2.75) is 78.1 Å². The molecule has 0 saturated carbocycles. The minimum absolute atomic E-state index is 0.230. The topological polar surface area (TPSA) is 132 Å². The first kappa shape index (κ1) is 36.0. The number of aromatic nitrogens is 4. The van der Waals surface area contributed by atoms with Gasteiger partial charge in [-0.1, -0.05) is 76.6 Å². The molecule has 1 aliphatic rings. The Kier molecular flexibility index (Phi) is 11.8. The summed E-state index contributed by atoms with van der Waals surface area (Å²) in [6.45, 7) is 4.41. The van der Waals surface area contributed by atoms with E-state index >= 15 is 0 Å². The first-order valence-electron chi connectivity index (χ1n) is 18.4. The Labute approximate surface area is 304 Å². The minimum Gasteiger partial charge on any atom is -0.478 e. The molecule has 5 aromatic rings. The van der Waals surface area contributed by atoms with E-state index in [1.165, 1.54) is 6.42 Å². The Bertz CT molecular complexity index is 2230. The molecule has 4 heterocycles. The number of fused-ring (bicyclic) bond motifs is 6. The zero-order chi connectivity index (χ0) is 36.5. The second kappa shape index (κ2) is 17.0. The van der Waals surface area contributed by atoms with Gasteiger partial charge >= 0.3 is 11.9 Å². The number of hydrogen-bond acceptors (Lipinski definition) is 4. The highest BCUT2D eigenvalue weighted by Gasteiger charge is 2.15. The molecule has 8 nitrogen and oxygen atoms in total. The van der Waals surface area contributed by atoms with Gasteiger partial charge < -0.3 is 20.2 Å². The molecule has 0 atom stereocenters. The van der Waals surface area contributed by atoms with Crippen molar-refractivity contribution in [3.05, 3.63) is 119 Å². The van der Waals surface area contributed by atoms with Crippen LogP contribution in [0.15, 0.2) is 85.2 Å². The molecular weight excluding hydrogens is 649 g/mol. The molecule has 4 N–H and O–H groups in total. The molecule has 0 amide bonds. The van der Waals surface area contributed by atoms with Gasteiger partial charge in [0.25, 0.3) is 0 Å². The van der Waals surface area contributed by atoms with Crippen LogP contribution in [-0.4, -0.2) is 42.1 Å². The molecule has 0 saturated heterocycles. The number of H-pyrrole nitrogens is 2. The number of carboxylic acids is 2. The fourth-order valence-electron chi connectivity index (χ4n) is 6.78. The van der Waals surface area contributed by atoms with E-state index in [1.807, 2.05) is 36.7 Å². The third-order valence-electron chi connectivity index (χ3n) is 9.69. The number of hydrogen-bond donors (Lipinski definition) is 4. The van der Waals surface area contributed by atoms with Crippen molar-refractivity contribution < 1.29 is 19.8 Å². The maximum absolute atomic E-state index is 11.7. The van der Waals surface area contributed by atoms with Gasteiger partial charge in [-0.15, -0.1) is 0 Å². The Morgan fingerprint density at radius 2 is 1.13 bits per heavy atom. The van der Waals surface area contributed by atoms with Crippen molar-refractivity contribution in [3.8, 4) is 22.3 Å². The number of aromatic carboxylic acids is 2. The quantitative estimate of drug-likeness (QED) is 0.0839. The summed E-state index contributed by atoms with van der Waals surface area (Å²) < 4.78 is 0. The summed E-state index contributed by atoms with van der Waals surface area (Å²) in [4.78, 5) is 40.9. The number of nitrogens with zero attached hydrogens (tertiary/aromatic N) is 2. The van der Waals surface area contributed by atoms with Crippen molar-refractivity contribution in [1.82, 2.24) is 19.9 Å². The highest BCUT2D eigenvalue weighted by molar-refractivity contribution is 5.94. The lowest BCUT2D eigenvalue weighted by Crippen LogP contribution is -1.95. The Hall–Kier alpha value is -5.76. The maximum Gasteiger partial charge on any atom is 0.335 e. The second-order valence-corrected chi connectivity index (χ2v) is 13.4. The summed E-state index contributed by atoms with van der Waals surface area (Å²) in [7, 11) is 0. The van der Waals surface area contributed by atoms with Crippen LogP contribution < -0.4 is 0 Å². The van der Waals surface area contributed by atoms with Gasteiger partial charge in [0, 0.05) is 51.2 Å². The number of benzene rings is 2. The molecule has 6 rings (SSSR count). The largest absolute Gasteiger partial charge is 0.478 e. The number of carbonyl (C=O) groups is 2. The summed E-state index contributed by atoms with van der Waals surface area (Å²) in [5.74, 6) is -1.93. The van der Waals surface area contributed by atoms with Crippen molar-refractivity contribution in [3.63, 3.8) is 0 Å². The molecule has 3 aromatic heterocycles. The minimum atomic E-state index is -0.965. The Balaban J connectivity index is 1.64. The van der Waals surface area contributed by atoms with Gasteiger partial charge in [-0.05, 0) is 103 Å². The van der Waals surface area contributed by atoms with Crippen LogP contribution in [0.1, 0.15) is 108 Å². The highest BCUT2D eigenvalue weighted by atomic mass is 16.4. The lowest BCUT2D eigenvalue weighted by atomic mass is 10.0. The second-order valence-electron chi connectivity index (χ2n) is 13.4. The van der Waals surface area contributed by atoms with Crippen LogP contribution in [0.25, 0.3) is 56.5 Å². The average molecular weight is 695 g/mol. The number of nitrogens with one attached hydrogen (secondary N) is 2. The SMILES string of the molecule is CCCCCCc1cncc(-c2ccc(C(=O)O)cc2)c2ccc([nH]2)c(CCCCCC)c2nc(c(-c3ccc(C(=O)O)cc3)c3ccc1[nH]3)C=C2. The predicted molar refractivity (Wildman–Crippen MR) is 210 cm³/mol. The van der Waals surface area contributed by atoms with E-state index in [0.717, 1.165) is 125 Å². The van der Waals surface area contributed by atoms with Crippen LogP contribution in [0.3, 0.4) is 0 Å². The van der Waals surface area contributed by atoms with Gasteiger partial charge in [0.15, 0.2) is 0 Å². The molecule has 52 heavy (non-hydrogen) atoms. The van der Waals surface area contributed by atoms with Crippen molar-refractivity contribution in [1.29, 1.82) is 0 Å². The fourth-order valence-corrected chi connectivity index (χ4v) is 6.78. The number of aryl methyl sites for hydroxylation is 2. The van der Waals surface area contributed by atoms with Gasteiger partial charge in [-0.3, -0.25) is 4.98 Å². The van der Waals surface area contributed by atoms with Crippen molar-refractivity contribution >= 4 is 46.2 Å². The normalized spacial score (nSPS) is 11.5. The fraction of sp³-hybridized carbons (Fsp3) is 0.273. The third kappa shape index (κ3) is 8.40. The standard InChI is InChI=1S/C44H46N4O4/c1-3-5-7-9-11-33-27-45-28-35(29-13-17-31(18-14-29)43(49)50)39-23-22-37(47-39)34(12-10-8-6-4-2)38-24-26-41(48-38)42(40-25-21-36(33)46-40)30-15-19-32(20-16-30)44(51)52/h13-28,46-47H,3-12H2,1-2H3,(H,49,50)(H,51,52). The van der Waals surface area contributed by atoms with Crippen molar-refractivity contribution in [2.75, 3.05) is 0 Å².